The summed E-state index contributed by atoms with van der Waals surface area (Å²) in [6, 6.07) is 0. The van der Waals surface area contributed by atoms with Crippen LogP contribution in [0.25, 0.3) is 0 Å². The van der Waals surface area contributed by atoms with Gasteiger partial charge in [0.2, 0.25) is 0 Å². The first kappa shape index (κ1) is 59.9. The van der Waals surface area contributed by atoms with Gasteiger partial charge in [0.05, 0.1) is 6.61 Å². The van der Waals surface area contributed by atoms with Crippen molar-refractivity contribution in [3.05, 3.63) is 48.6 Å². The van der Waals surface area contributed by atoms with E-state index in [2.05, 4.69) is 62.5 Å². The summed E-state index contributed by atoms with van der Waals surface area (Å²) in [6.07, 6.45) is 69.4. The van der Waals surface area contributed by atoms with E-state index in [-0.39, 0.29) is 25.2 Å². The van der Waals surface area contributed by atoms with Crippen molar-refractivity contribution in [1.82, 2.24) is 0 Å². The Kier molecular flexibility index (Phi) is 51.4. The molecule has 5 heteroatoms. The van der Waals surface area contributed by atoms with Crippen LogP contribution < -0.4 is 0 Å². The topological polar surface area (TPSA) is 72.8 Å². The number of esters is 2. The zero-order chi connectivity index (χ0) is 44.9. The maximum absolute atomic E-state index is 12.3. The smallest absolute Gasteiger partial charge is 0.306 e. The van der Waals surface area contributed by atoms with Crippen LogP contribution in [0.2, 0.25) is 0 Å². The molecule has 0 spiro atoms. The van der Waals surface area contributed by atoms with E-state index in [9.17, 15) is 14.7 Å². The highest BCUT2D eigenvalue weighted by Gasteiger charge is 2.16. The molecule has 5 nitrogen and oxygen atoms in total. The molecule has 0 heterocycles. The summed E-state index contributed by atoms with van der Waals surface area (Å²) in [5, 5.41) is 9.64. The SMILES string of the molecule is CC/C=C\C/C=C\C/C=C\C/C=C\CCCCCCCCCCC(=O)OC(CO)COC(=O)CCCCCCCCCCCCCCCCCCCCCCCCCCCCC. The Bertz CT molecular complexity index is 1030. The highest BCUT2D eigenvalue weighted by atomic mass is 16.6. The van der Waals surface area contributed by atoms with Gasteiger partial charge in [0.15, 0.2) is 6.10 Å². The Morgan fingerprint density at radius 2 is 0.694 bits per heavy atom. The first-order chi connectivity index (χ1) is 30.6. The first-order valence-electron chi connectivity index (χ1n) is 27.2. The van der Waals surface area contributed by atoms with Gasteiger partial charge in [0, 0.05) is 12.8 Å². The van der Waals surface area contributed by atoms with Crippen LogP contribution >= 0.6 is 0 Å². The van der Waals surface area contributed by atoms with Crippen LogP contribution in [0.5, 0.6) is 0 Å². The predicted octanol–water partition coefficient (Wildman–Crippen LogP) is 18.1. The van der Waals surface area contributed by atoms with E-state index in [4.69, 9.17) is 9.47 Å². The van der Waals surface area contributed by atoms with E-state index in [0.717, 1.165) is 70.6 Å². The molecule has 0 aliphatic heterocycles. The minimum atomic E-state index is -0.776. The van der Waals surface area contributed by atoms with Gasteiger partial charge in [-0.05, 0) is 51.4 Å². The minimum absolute atomic E-state index is 0.0666. The molecule has 62 heavy (non-hydrogen) atoms. The third-order valence-electron chi connectivity index (χ3n) is 12.1. The minimum Gasteiger partial charge on any atom is -0.462 e. The average molecular weight is 869 g/mol. The number of aliphatic hydroxyl groups is 1. The van der Waals surface area contributed by atoms with E-state index in [0.29, 0.717) is 12.8 Å². The molecule has 0 amide bonds. The zero-order valence-electron chi connectivity index (χ0n) is 41.4. The normalized spacial score (nSPS) is 12.5. The number of ether oxygens (including phenoxy) is 2. The summed E-state index contributed by atoms with van der Waals surface area (Å²) in [5.41, 5.74) is 0. The number of carbonyl (C=O) groups excluding carboxylic acids is 2. The monoisotopic (exact) mass is 869 g/mol. The fourth-order valence-electron chi connectivity index (χ4n) is 8.08. The summed E-state index contributed by atoms with van der Waals surface area (Å²) < 4.78 is 10.7. The highest BCUT2D eigenvalue weighted by molar-refractivity contribution is 5.70. The number of hydrogen-bond donors (Lipinski definition) is 1. The van der Waals surface area contributed by atoms with E-state index in [1.165, 1.54) is 186 Å². The van der Waals surface area contributed by atoms with Crippen molar-refractivity contribution < 1.29 is 24.2 Å². The van der Waals surface area contributed by atoms with Gasteiger partial charge in [-0.1, -0.05) is 268 Å². The van der Waals surface area contributed by atoms with Crippen molar-refractivity contribution >= 4 is 11.9 Å². The molecule has 0 rings (SSSR count). The molecule has 0 aliphatic carbocycles. The molecule has 1 N–H and O–H groups in total. The van der Waals surface area contributed by atoms with Crippen LogP contribution in [0.1, 0.15) is 284 Å². The summed E-state index contributed by atoms with van der Waals surface area (Å²) in [5.74, 6) is -0.588. The molecule has 0 bridgehead atoms. The molecular weight excluding hydrogens is 765 g/mol. The van der Waals surface area contributed by atoms with Gasteiger partial charge in [0.25, 0.3) is 0 Å². The summed E-state index contributed by atoms with van der Waals surface area (Å²) in [4.78, 5) is 24.5. The summed E-state index contributed by atoms with van der Waals surface area (Å²) in [6.45, 7) is 4.06. The lowest BCUT2D eigenvalue weighted by molar-refractivity contribution is -0.161. The molecule has 1 unspecified atom stereocenters. The van der Waals surface area contributed by atoms with Crippen LogP contribution in [-0.2, 0) is 19.1 Å². The fourth-order valence-corrected chi connectivity index (χ4v) is 8.08. The molecule has 362 valence electrons. The maximum atomic E-state index is 12.3. The molecule has 0 radical (unpaired) electrons. The second-order valence-corrected chi connectivity index (χ2v) is 18.3. The first-order valence-corrected chi connectivity index (χ1v) is 27.2. The lowest BCUT2D eigenvalue weighted by Gasteiger charge is -2.15. The maximum Gasteiger partial charge on any atom is 0.306 e. The Morgan fingerprint density at radius 3 is 1.05 bits per heavy atom. The van der Waals surface area contributed by atoms with Crippen molar-refractivity contribution in [2.45, 2.75) is 290 Å². The highest BCUT2D eigenvalue weighted by Crippen LogP contribution is 2.17. The molecule has 0 fully saturated rings. The van der Waals surface area contributed by atoms with Gasteiger partial charge in [0.1, 0.15) is 6.61 Å². The molecule has 0 aromatic heterocycles. The third-order valence-corrected chi connectivity index (χ3v) is 12.1. The van der Waals surface area contributed by atoms with Crippen molar-refractivity contribution in [2.75, 3.05) is 13.2 Å². The second kappa shape index (κ2) is 53.2. The Balaban J connectivity index is 3.45. The molecule has 0 saturated heterocycles. The molecule has 0 aliphatic rings. The van der Waals surface area contributed by atoms with Gasteiger partial charge >= 0.3 is 11.9 Å². The van der Waals surface area contributed by atoms with Gasteiger partial charge in [-0.2, -0.15) is 0 Å². The van der Waals surface area contributed by atoms with Crippen molar-refractivity contribution in [3.8, 4) is 0 Å². The number of unbranched alkanes of at least 4 members (excludes halogenated alkanes) is 34. The summed E-state index contributed by atoms with van der Waals surface area (Å²) in [7, 11) is 0. The molecule has 0 saturated carbocycles. The average Bonchev–Trinajstić information content (AvgIpc) is 3.28. The van der Waals surface area contributed by atoms with Gasteiger partial charge in [-0.3, -0.25) is 9.59 Å². The van der Waals surface area contributed by atoms with Crippen LogP contribution in [0, 0.1) is 0 Å². The van der Waals surface area contributed by atoms with Crippen LogP contribution in [-0.4, -0.2) is 36.4 Å². The third kappa shape index (κ3) is 50.5. The predicted molar refractivity (Wildman–Crippen MR) is 270 cm³/mol. The number of allylic oxidation sites excluding steroid dienone is 8. The van der Waals surface area contributed by atoms with E-state index < -0.39 is 6.10 Å². The largest absolute Gasteiger partial charge is 0.462 e. The van der Waals surface area contributed by atoms with Crippen LogP contribution in [0.15, 0.2) is 48.6 Å². The number of rotatable bonds is 50. The zero-order valence-corrected chi connectivity index (χ0v) is 41.4. The van der Waals surface area contributed by atoms with Gasteiger partial charge in [-0.25, -0.2) is 0 Å². The Hall–Kier alpha value is -2.14. The molecule has 1 atom stereocenters. The van der Waals surface area contributed by atoms with Crippen molar-refractivity contribution in [1.29, 1.82) is 0 Å². The second-order valence-electron chi connectivity index (χ2n) is 18.3. The lowest BCUT2D eigenvalue weighted by Crippen LogP contribution is -2.28. The Labute approximate surface area is 386 Å². The fraction of sp³-hybridized carbons (Fsp3) is 0.825. The molecule has 0 aromatic carbocycles. The van der Waals surface area contributed by atoms with E-state index in [1.54, 1.807) is 0 Å². The molecule has 0 aromatic rings. The molecular formula is C57H104O5. The van der Waals surface area contributed by atoms with E-state index >= 15 is 0 Å². The van der Waals surface area contributed by atoms with E-state index in [1.807, 2.05) is 0 Å². The van der Waals surface area contributed by atoms with Crippen LogP contribution in [0.3, 0.4) is 0 Å². The lowest BCUT2D eigenvalue weighted by atomic mass is 10.0. The van der Waals surface area contributed by atoms with Crippen molar-refractivity contribution in [3.63, 3.8) is 0 Å². The number of aliphatic hydroxyl groups excluding tert-OH is 1. The van der Waals surface area contributed by atoms with Crippen LogP contribution in [0.4, 0.5) is 0 Å². The standard InChI is InChI=1S/C57H104O5/c1-3-5-7-9-11-13-15-17-19-21-23-25-26-27-28-29-30-32-33-35-37-39-41-43-45-47-49-51-56(59)61-54-55(53-58)62-57(60)52-50-48-46-44-42-40-38-36-34-31-24-22-20-18-16-14-12-10-8-6-4-2/h6,8,12,14,18,20,24,31,55,58H,3-5,7,9-11,13,15-17,19,21-23,25-30,32-54H2,1-2H3/b8-6-,14-12-,20-18-,31-24-. The number of hydrogen-bond acceptors (Lipinski definition) is 5. The summed E-state index contributed by atoms with van der Waals surface area (Å²) >= 11 is 0. The number of carbonyl (C=O) groups is 2. The van der Waals surface area contributed by atoms with Gasteiger partial charge < -0.3 is 14.6 Å². The van der Waals surface area contributed by atoms with Gasteiger partial charge in [-0.15, -0.1) is 0 Å². The van der Waals surface area contributed by atoms with Crippen molar-refractivity contribution in [2.24, 2.45) is 0 Å². The quantitative estimate of drug-likeness (QED) is 0.0375. The Morgan fingerprint density at radius 1 is 0.387 bits per heavy atom.